The van der Waals surface area contributed by atoms with Gasteiger partial charge in [0.25, 0.3) is 5.91 Å². The first-order chi connectivity index (χ1) is 10.9. The lowest BCUT2D eigenvalue weighted by Crippen LogP contribution is -2.31. The Kier molecular flexibility index (Phi) is 5.43. The SMILES string of the molecule is Cc1ccc(C)c(OCC(=O)N[C@H](C)c2ccc(C)c(C)c2)c1. The molecule has 0 unspecified atom stereocenters. The zero-order valence-electron chi connectivity index (χ0n) is 14.6. The molecule has 1 amide bonds. The molecule has 0 bridgehead atoms. The quantitative estimate of drug-likeness (QED) is 0.899. The van der Waals surface area contributed by atoms with E-state index in [4.69, 9.17) is 4.74 Å². The zero-order valence-corrected chi connectivity index (χ0v) is 14.6. The lowest BCUT2D eigenvalue weighted by molar-refractivity contribution is -0.123. The van der Waals surface area contributed by atoms with Crippen molar-refractivity contribution in [3.8, 4) is 5.75 Å². The molecule has 0 saturated carbocycles. The number of hydrogen-bond donors (Lipinski definition) is 1. The Bertz CT molecular complexity index is 707. The second kappa shape index (κ2) is 7.32. The summed E-state index contributed by atoms with van der Waals surface area (Å²) in [6.07, 6.45) is 0. The van der Waals surface area contributed by atoms with Crippen LogP contribution >= 0.6 is 0 Å². The summed E-state index contributed by atoms with van der Waals surface area (Å²) in [5.41, 5.74) is 5.74. The standard InChI is InChI=1S/C20H25NO2/c1-13-6-7-15(3)19(10-13)23-12-20(22)21-17(5)18-9-8-14(2)16(4)11-18/h6-11,17H,12H2,1-5H3,(H,21,22)/t17-/m1/s1. The molecule has 0 aliphatic rings. The number of aryl methyl sites for hydroxylation is 4. The number of rotatable bonds is 5. The summed E-state index contributed by atoms with van der Waals surface area (Å²) >= 11 is 0. The Morgan fingerprint density at radius 3 is 2.39 bits per heavy atom. The van der Waals surface area contributed by atoms with Crippen LogP contribution in [-0.4, -0.2) is 12.5 Å². The van der Waals surface area contributed by atoms with Crippen LogP contribution in [0.3, 0.4) is 0 Å². The van der Waals surface area contributed by atoms with Crippen LogP contribution in [0.25, 0.3) is 0 Å². The van der Waals surface area contributed by atoms with Crippen molar-refractivity contribution in [2.24, 2.45) is 0 Å². The highest BCUT2D eigenvalue weighted by Gasteiger charge is 2.11. The smallest absolute Gasteiger partial charge is 0.258 e. The molecule has 0 heterocycles. The van der Waals surface area contributed by atoms with Gasteiger partial charge in [-0.25, -0.2) is 0 Å². The Morgan fingerprint density at radius 1 is 1.00 bits per heavy atom. The van der Waals surface area contributed by atoms with Gasteiger partial charge >= 0.3 is 0 Å². The molecule has 3 nitrogen and oxygen atoms in total. The first-order valence-electron chi connectivity index (χ1n) is 7.93. The van der Waals surface area contributed by atoms with Crippen molar-refractivity contribution in [3.63, 3.8) is 0 Å². The number of carbonyl (C=O) groups excluding carboxylic acids is 1. The molecule has 0 aliphatic heterocycles. The molecule has 1 N–H and O–H groups in total. The van der Waals surface area contributed by atoms with E-state index in [1.807, 2.05) is 39.0 Å². The van der Waals surface area contributed by atoms with Gasteiger partial charge in [-0.1, -0.05) is 30.3 Å². The molecule has 0 aromatic heterocycles. The Morgan fingerprint density at radius 2 is 1.70 bits per heavy atom. The molecule has 0 fully saturated rings. The highest BCUT2D eigenvalue weighted by Crippen LogP contribution is 2.19. The molecule has 1 atom stereocenters. The molecule has 0 aliphatic carbocycles. The predicted octanol–water partition coefficient (Wildman–Crippen LogP) is 4.18. The van der Waals surface area contributed by atoms with Crippen molar-refractivity contribution >= 4 is 5.91 Å². The number of hydrogen-bond acceptors (Lipinski definition) is 2. The molecule has 2 rings (SSSR count). The summed E-state index contributed by atoms with van der Waals surface area (Å²) in [4.78, 5) is 12.1. The molecule has 3 heteroatoms. The van der Waals surface area contributed by atoms with Crippen LogP contribution in [0, 0.1) is 27.7 Å². The van der Waals surface area contributed by atoms with E-state index < -0.39 is 0 Å². The average molecular weight is 311 g/mol. The number of benzene rings is 2. The van der Waals surface area contributed by atoms with Crippen molar-refractivity contribution in [1.29, 1.82) is 0 Å². The summed E-state index contributed by atoms with van der Waals surface area (Å²) in [6, 6.07) is 12.2. The normalized spacial score (nSPS) is 11.9. The third-order valence-corrected chi connectivity index (χ3v) is 4.11. The maximum atomic E-state index is 12.1. The van der Waals surface area contributed by atoms with Crippen LogP contribution in [0.5, 0.6) is 5.75 Å². The molecule has 122 valence electrons. The largest absolute Gasteiger partial charge is 0.483 e. The van der Waals surface area contributed by atoms with Gasteiger partial charge in [0, 0.05) is 0 Å². The molecular weight excluding hydrogens is 286 g/mol. The average Bonchev–Trinajstić information content (AvgIpc) is 2.50. The van der Waals surface area contributed by atoms with Crippen molar-refractivity contribution in [2.75, 3.05) is 6.61 Å². The third-order valence-electron chi connectivity index (χ3n) is 4.11. The van der Waals surface area contributed by atoms with Crippen LogP contribution in [0.4, 0.5) is 0 Å². The fourth-order valence-corrected chi connectivity index (χ4v) is 2.41. The second-order valence-electron chi connectivity index (χ2n) is 6.19. The van der Waals surface area contributed by atoms with Crippen LogP contribution in [0.1, 0.15) is 40.8 Å². The summed E-state index contributed by atoms with van der Waals surface area (Å²) in [7, 11) is 0. The fraction of sp³-hybridized carbons (Fsp3) is 0.350. The molecule has 2 aromatic rings. The van der Waals surface area contributed by atoms with Gasteiger partial charge in [0.2, 0.25) is 0 Å². The van der Waals surface area contributed by atoms with E-state index in [1.165, 1.54) is 11.1 Å². The van der Waals surface area contributed by atoms with Crippen LogP contribution in [0.15, 0.2) is 36.4 Å². The van der Waals surface area contributed by atoms with Crippen molar-refractivity contribution in [3.05, 3.63) is 64.2 Å². The number of ether oxygens (including phenoxy) is 1. The lowest BCUT2D eigenvalue weighted by atomic mass is 10.0. The molecule has 23 heavy (non-hydrogen) atoms. The van der Waals surface area contributed by atoms with E-state index in [0.717, 1.165) is 22.4 Å². The van der Waals surface area contributed by atoms with E-state index in [9.17, 15) is 4.79 Å². The van der Waals surface area contributed by atoms with Crippen molar-refractivity contribution in [2.45, 2.75) is 40.7 Å². The maximum Gasteiger partial charge on any atom is 0.258 e. The van der Waals surface area contributed by atoms with Crippen LogP contribution in [0.2, 0.25) is 0 Å². The molecule has 0 saturated heterocycles. The summed E-state index contributed by atoms with van der Waals surface area (Å²) in [5, 5.41) is 2.98. The van der Waals surface area contributed by atoms with E-state index in [0.29, 0.717) is 0 Å². The Hall–Kier alpha value is -2.29. The van der Waals surface area contributed by atoms with Crippen LogP contribution in [-0.2, 0) is 4.79 Å². The highest BCUT2D eigenvalue weighted by molar-refractivity contribution is 5.78. The van der Waals surface area contributed by atoms with Crippen LogP contribution < -0.4 is 10.1 Å². The molecular formula is C20H25NO2. The van der Waals surface area contributed by atoms with E-state index in [2.05, 4.69) is 37.4 Å². The summed E-state index contributed by atoms with van der Waals surface area (Å²) in [5.74, 6) is 0.649. The third kappa shape index (κ3) is 4.59. The van der Waals surface area contributed by atoms with Gasteiger partial charge in [0.1, 0.15) is 5.75 Å². The minimum Gasteiger partial charge on any atom is -0.483 e. The van der Waals surface area contributed by atoms with E-state index in [-0.39, 0.29) is 18.6 Å². The maximum absolute atomic E-state index is 12.1. The fourth-order valence-electron chi connectivity index (χ4n) is 2.41. The van der Waals surface area contributed by atoms with Gasteiger partial charge in [0.05, 0.1) is 6.04 Å². The van der Waals surface area contributed by atoms with Gasteiger partial charge in [-0.15, -0.1) is 0 Å². The summed E-state index contributed by atoms with van der Waals surface area (Å²) < 4.78 is 5.65. The minimum atomic E-state index is -0.114. The topological polar surface area (TPSA) is 38.3 Å². The number of nitrogens with one attached hydrogen (secondary N) is 1. The van der Waals surface area contributed by atoms with Gasteiger partial charge in [-0.3, -0.25) is 4.79 Å². The molecule has 0 spiro atoms. The van der Waals surface area contributed by atoms with Crippen molar-refractivity contribution < 1.29 is 9.53 Å². The molecule has 2 aromatic carbocycles. The van der Waals surface area contributed by atoms with Gasteiger partial charge in [-0.05, 0) is 68.5 Å². The second-order valence-corrected chi connectivity index (χ2v) is 6.19. The van der Waals surface area contributed by atoms with E-state index in [1.54, 1.807) is 0 Å². The van der Waals surface area contributed by atoms with Gasteiger partial charge in [0.15, 0.2) is 6.61 Å². The lowest BCUT2D eigenvalue weighted by Gasteiger charge is -2.16. The molecule has 0 radical (unpaired) electrons. The van der Waals surface area contributed by atoms with Gasteiger partial charge in [-0.2, -0.15) is 0 Å². The zero-order chi connectivity index (χ0) is 17.0. The monoisotopic (exact) mass is 311 g/mol. The predicted molar refractivity (Wildman–Crippen MR) is 93.9 cm³/mol. The Labute approximate surface area is 138 Å². The van der Waals surface area contributed by atoms with E-state index >= 15 is 0 Å². The first-order valence-corrected chi connectivity index (χ1v) is 7.93. The van der Waals surface area contributed by atoms with Gasteiger partial charge < -0.3 is 10.1 Å². The Balaban J connectivity index is 1.93. The van der Waals surface area contributed by atoms with Crippen molar-refractivity contribution in [1.82, 2.24) is 5.32 Å². The number of carbonyl (C=O) groups is 1. The summed E-state index contributed by atoms with van der Waals surface area (Å²) in [6.45, 7) is 10.2. The highest BCUT2D eigenvalue weighted by atomic mass is 16.5. The minimum absolute atomic E-state index is 0.0273. The number of amides is 1. The first kappa shape index (κ1) is 17.1.